The Morgan fingerprint density at radius 3 is 1.25 bits per heavy atom. The minimum Gasteiger partial charge on any atom is -0.198 e. The topological polar surface area (TPSA) is 47.6 Å². The largest absolute Gasteiger partial charge is 0.198 e. The van der Waals surface area contributed by atoms with Crippen LogP contribution in [0.2, 0.25) is 0 Å². The smallest absolute Gasteiger partial charge is 0.0821 e. The maximum atomic E-state index is 9.77. The Labute approximate surface area is 96.2 Å². The van der Waals surface area contributed by atoms with E-state index in [1.807, 2.05) is 0 Å². The Kier molecular flexibility index (Phi) is 1.39. The molecule has 16 heavy (non-hydrogen) atoms. The Morgan fingerprint density at radius 1 is 0.688 bits per heavy atom. The van der Waals surface area contributed by atoms with E-state index in [4.69, 9.17) is 0 Å². The van der Waals surface area contributed by atoms with Crippen LogP contribution in [-0.4, -0.2) is 0 Å². The van der Waals surface area contributed by atoms with Crippen molar-refractivity contribution in [3.05, 3.63) is 0 Å². The van der Waals surface area contributed by atoms with Gasteiger partial charge in [0.25, 0.3) is 0 Å². The van der Waals surface area contributed by atoms with Crippen LogP contribution in [0.3, 0.4) is 0 Å². The fourth-order valence-electron chi connectivity index (χ4n) is 6.19. The summed E-state index contributed by atoms with van der Waals surface area (Å²) in [6.07, 6.45) is 7.20. The van der Waals surface area contributed by atoms with Crippen molar-refractivity contribution in [3.63, 3.8) is 0 Å². The average Bonchev–Trinajstić information content (AvgIpc) is 3.04. The first-order valence-corrected chi connectivity index (χ1v) is 6.62. The summed E-state index contributed by atoms with van der Waals surface area (Å²) in [4.78, 5) is 0. The molecule has 4 aliphatic carbocycles. The first-order valence-electron chi connectivity index (χ1n) is 6.62. The molecule has 0 aromatic carbocycles. The van der Waals surface area contributed by atoms with E-state index < -0.39 is 0 Å². The van der Waals surface area contributed by atoms with Gasteiger partial charge in [0.1, 0.15) is 0 Å². The van der Waals surface area contributed by atoms with Crippen molar-refractivity contribution in [2.45, 2.75) is 38.5 Å². The van der Waals surface area contributed by atoms with Gasteiger partial charge in [0, 0.05) is 0 Å². The van der Waals surface area contributed by atoms with Crippen molar-refractivity contribution in [1.29, 1.82) is 10.5 Å². The van der Waals surface area contributed by atoms with Gasteiger partial charge in [-0.05, 0) is 62.2 Å². The molecule has 4 saturated carbocycles. The number of hydrogen-bond acceptors (Lipinski definition) is 2. The van der Waals surface area contributed by atoms with E-state index >= 15 is 0 Å². The molecule has 0 amide bonds. The molecule has 4 rings (SSSR count). The second kappa shape index (κ2) is 2.45. The monoisotopic (exact) mass is 212 g/mol. The van der Waals surface area contributed by atoms with Gasteiger partial charge in [-0.15, -0.1) is 0 Å². The quantitative estimate of drug-likeness (QED) is 0.580. The maximum Gasteiger partial charge on any atom is 0.0821 e. The van der Waals surface area contributed by atoms with E-state index in [0.717, 1.165) is 0 Å². The number of fused-ring (bicyclic) bond motifs is 9. The third-order valence-corrected chi connectivity index (χ3v) is 6.50. The number of nitriles is 2. The van der Waals surface area contributed by atoms with Gasteiger partial charge >= 0.3 is 0 Å². The lowest BCUT2D eigenvalue weighted by atomic mass is 9.51. The summed E-state index contributed by atoms with van der Waals surface area (Å²) in [5.74, 6) is 2.21. The summed E-state index contributed by atoms with van der Waals surface area (Å²) in [7, 11) is 0. The summed E-state index contributed by atoms with van der Waals surface area (Å²) < 4.78 is 0. The summed E-state index contributed by atoms with van der Waals surface area (Å²) >= 11 is 0. The van der Waals surface area contributed by atoms with Crippen LogP contribution >= 0.6 is 0 Å². The Bertz CT molecular complexity index is 377. The van der Waals surface area contributed by atoms with Crippen molar-refractivity contribution < 1.29 is 0 Å². The summed E-state index contributed by atoms with van der Waals surface area (Å²) in [6, 6.07) is 5.34. The molecule has 4 atom stereocenters. The first kappa shape index (κ1) is 9.06. The zero-order valence-electron chi connectivity index (χ0n) is 9.45. The van der Waals surface area contributed by atoms with Gasteiger partial charge in [-0.1, -0.05) is 0 Å². The number of nitrogens with zero attached hydrogens (tertiary/aromatic N) is 2. The van der Waals surface area contributed by atoms with Crippen molar-refractivity contribution in [1.82, 2.24) is 0 Å². The van der Waals surface area contributed by atoms with Crippen molar-refractivity contribution in [2.75, 3.05) is 0 Å². The minimum absolute atomic E-state index is 0.229. The van der Waals surface area contributed by atoms with Gasteiger partial charge < -0.3 is 0 Å². The average molecular weight is 212 g/mol. The highest BCUT2D eigenvalue weighted by molar-refractivity contribution is 5.36. The van der Waals surface area contributed by atoms with Crippen LogP contribution in [0.5, 0.6) is 0 Å². The van der Waals surface area contributed by atoms with Gasteiger partial charge in [0.2, 0.25) is 0 Å². The molecule has 4 bridgehead atoms. The molecule has 0 aliphatic heterocycles. The van der Waals surface area contributed by atoms with Crippen LogP contribution in [-0.2, 0) is 0 Å². The molecule has 0 spiro atoms. The zero-order chi connectivity index (χ0) is 11.0. The SMILES string of the molecule is N#CC12C3CCC(C3)C1(C#N)C1CCC2C1. The highest BCUT2D eigenvalue weighted by Crippen LogP contribution is 2.79. The van der Waals surface area contributed by atoms with Gasteiger partial charge in [-0.2, -0.15) is 10.5 Å². The second-order valence-electron chi connectivity index (χ2n) is 6.38. The van der Waals surface area contributed by atoms with E-state index in [1.54, 1.807) is 0 Å². The summed E-state index contributed by atoms with van der Waals surface area (Å²) in [5.41, 5.74) is -0.457. The first-order chi connectivity index (χ1) is 7.79. The Hall–Kier alpha value is -1.02. The summed E-state index contributed by atoms with van der Waals surface area (Å²) in [6.45, 7) is 0. The van der Waals surface area contributed by atoms with Gasteiger partial charge in [-0.3, -0.25) is 0 Å². The predicted molar refractivity (Wildman–Crippen MR) is 57.8 cm³/mol. The third-order valence-electron chi connectivity index (χ3n) is 6.50. The normalized spacial score (nSPS) is 60.6. The van der Waals surface area contributed by atoms with Gasteiger partial charge in [0.05, 0.1) is 23.0 Å². The molecule has 0 N–H and O–H groups in total. The number of hydrogen-bond donors (Lipinski definition) is 0. The van der Waals surface area contributed by atoms with Gasteiger partial charge in [0.15, 0.2) is 0 Å². The van der Waals surface area contributed by atoms with E-state index in [0.29, 0.717) is 23.7 Å². The van der Waals surface area contributed by atoms with E-state index in [-0.39, 0.29) is 10.8 Å². The molecule has 2 heteroatoms. The highest BCUT2D eigenvalue weighted by atomic mass is 14.8. The molecular weight excluding hydrogens is 196 g/mol. The molecule has 4 aliphatic rings. The van der Waals surface area contributed by atoms with Crippen LogP contribution in [0.1, 0.15) is 38.5 Å². The lowest BCUT2D eigenvalue weighted by Crippen LogP contribution is -2.49. The molecule has 0 heterocycles. The standard InChI is InChI=1S/C14H16N2/c15-7-13-9-1-2-10(5-9)14(13,8-16)12-4-3-11(13)6-12/h9-12H,1-6H2. The fraction of sp³-hybridized carbons (Fsp3) is 0.857. The molecular formula is C14H16N2. The molecule has 82 valence electrons. The van der Waals surface area contributed by atoms with Crippen LogP contribution in [0.4, 0.5) is 0 Å². The van der Waals surface area contributed by atoms with Crippen LogP contribution < -0.4 is 0 Å². The molecule has 4 unspecified atom stereocenters. The zero-order valence-corrected chi connectivity index (χ0v) is 9.45. The molecule has 2 nitrogen and oxygen atoms in total. The van der Waals surface area contributed by atoms with Crippen molar-refractivity contribution >= 4 is 0 Å². The molecule has 0 radical (unpaired) electrons. The molecule has 0 aromatic rings. The Balaban J connectivity index is 1.99. The van der Waals surface area contributed by atoms with E-state index in [9.17, 15) is 10.5 Å². The second-order valence-corrected chi connectivity index (χ2v) is 6.38. The molecule has 0 saturated heterocycles. The lowest BCUT2D eigenvalue weighted by Gasteiger charge is -2.47. The van der Waals surface area contributed by atoms with Crippen molar-refractivity contribution in [3.8, 4) is 12.1 Å². The van der Waals surface area contributed by atoms with Crippen LogP contribution in [0.15, 0.2) is 0 Å². The van der Waals surface area contributed by atoms with Crippen molar-refractivity contribution in [2.24, 2.45) is 34.5 Å². The van der Waals surface area contributed by atoms with E-state index in [2.05, 4.69) is 12.1 Å². The van der Waals surface area contributed by atoms with Crippen LogP contribution in [0, 0.1) is 57.2 Å². The maximum absolute atomic E-state index is 9.77. The lowest BCUT2D eigenvalue weighted by molar-refractivity contribution is 0.0168. The molecule has 0 aromatic heterocycles. The summed E-state index contributed by atoms with van der Waals surface area (Å²) in [5, 5.41) is 19.5. The third kappa shape index (κ3) is 0.594. The molecule has 4 fully saturated rings. The number of rotatable bonds is 0. The minimum atomic E-state index is -0.229. The fourth-order valence-corrected chi connectivity index (χ4v) is 6.19. The Morgan fingerprint density at radius 2 is 1.00 bits per heavy atom. The predicted octanol–water partition coefficient (Wildman–Crippen LogP) is 2.87. The van der Waals surface area contributed by atoms with E-state index in [1.165, 1.54) is 38.5 Å². The van der Waals surface area contributed by atoms with Gasteiger partial charge in [-0.25, -0.2) is 0 Å². The van der Waals surface area contributed by atoms with Crippen LogP contribution in [0.25, 0.3) is 0 Å². The highest BCUT2D eigenvalue weighted by Gasteiger charge is 2.78.